The Bertz CT molecular complexity index is 1010. The van der Waals surface area contributed by atoms with Gasteiger partial charge in [-0.3, -0.25) is 9.59 Å². The molecule has 0 saturated carbocycles. The number of ether oxygens (including phenoxy) is 1. The van der Waals surface area contributed by atoms with E-state index in [2.05, 4.69) is 29.6 Å². The van der Waals surface area contributed by atoms with Crippen molar-refractivity contribution in [3.05, 3.63) is 59.7 Å². The summed E-state index contributed by atoms with van der Waals surface area (Å²) < 4.78 is 5.67. The van der Waals surface area contributed by atoms with Crippen LogP contribution in [-0.2, 0) is 14.3 Å². The third-order valence-electron chi connectivity index (χ3n) is 6.12. The van der Waals surface area contributed by atoms with Gasteiger partial charge in [0.25, 0.3) is 0 Å². The van der Waals surface area contributed by atoms with Crippen molar-refractivity contribution in [1.82, 2.24) is 10.2 Å². The van der Waals surface area contributed by atoms with Gasteiger partial charge in [0.15, 0.2) is 0 Å². The maximum atomic E-state index is 12.9. The van der Waals surface area contributed by atoms with Crippen LogP contribution in [0.2, 0.25) is 0 Å². The van der Waals surface area contributed by atoms with E-state index in [9.17, 15) is 14.4 Å². The van der Waals surface area contributed by atoms with Crippen molar-refractivity contribution in [2.75, 3.05) is 19.7 Å². The van der Waals surface area contributed by atoms with E-state index < -0.39 is 18.1 Å². The Hall–Kier alpha value is -3.35. The van der Waals surface area contributed by atoms with Crippen molar-refractivity contribution in [2.24, 2.45) is 5.41 Å². The number of carboxylic acid groups (broad SMARTS) is 1. The first-order valence-electron chi connectivity index (χ1n) is 12.2. The highest BCUT2D eigenvalue weighted by Crippen LogP contribution is 2.44. The van der Waals surface area contributed by atoms with Gasteiger partial charge >= 0.3 is 12.1 Å². The van der Waals surface area contributed by atoms with Crippen LogP contribution in [0.25, 0.3) is 11.1 Å². The number of fused-ring (bicyclic) bond motifs is 3. The van der Waals surface area contributed by atoms with Crippen molar-refractivity contribution in [3.63, 3.8) is 0 Å². The van der Waals surface area contributed by atoms with Crippen LogP contribution in [0, 0.1) is 5.41 Å². The Kier molecular flexibility index (Phi) is 8.54. The second-order valence-corrected chi connectivity index (χ2v) is 10.3. The van der Waals surface area contributed by atoms with Crippen LogP contribution in [-0.4, -0.2) is 53.7 Å². The van der Waals surface area contributed by atoms with Crippen LogP contribution in [0.4, 0.5) is 4.79 Å². The quantitative estimate of drug-likeness (QED) is 0.496. The predicted octanol–water partition coefficient (Wildman–Crippen LogP) is 5.04. The molecule has 1 atom stereocenters. The minimum absolute atomic E-state index is 0.0226. The van der Waals surface area contributed by atoms with Gasteiger partial charge in [-0.05, 0) is 40.5 Å². The minimum Gasteiger partial charge on any atom is -0.480 e. The van der Waals surface area contributed by atoms with Crippen molar-refractivity contribution in [3.8, 4) is 11.1 Å². The summed E-state index contributed by atoms with van der Waals surface area (Å²) in [6.07, 6.45) is 0.655. The summed E-state index contributed by atoms with van der Waals surface area (Å²) in [5.41, 5.74) is 4.42. The summed E-state index contributed by atoms with van der Waals surface area (Å²) in [4.78, 5) is 38.2. The van der Waals surface area contributed by atoms with Gasteiger partial charge in [0.05, 0.1) is 0 Å². The van der Waals surface area contributed by atoms with Gasteiger partial charge in [-0.25, -0.2) is 4.79 Å². The van der Waals surface area contributed by atoms with Crippen molar-refractivity contribution < 1.29 is 24.2 Å². The lowest BCUT2D eigenvalue weighted by Crippen LogP contribution is -2.44. The highest BCUT2D eigenvalue weighted by atomic mass is 16.5. The molecule has 7 nitrogen and oxygen atoms in total. The molecule has 3 rings (SSSR count). The summed E-state index contributed by atoms with van der Waals surface area (Å²) in [6, 6.07) is 15.8. The first-order valence-corrected chi connectivity index (χ1v) is 12.2. The lowest BCUT2D eigenvalue weighted by atomic mass is 9.87. The van der Waals surface area contributed by atoms with Gasteiger partial charge in [-0.15, -0.1) is 0 Å². The van der Waals surface area contributed by atoms with Crippen LogP contribution >= 0.6 is 0 Å². The van der Waals surface area contributed by atoms with E-state index in [1.54, 1.807) is 0 Å². The topological polar surface area (TPSA) is 95.9 Å². The average Bonchev–Trinajstić information content (AvgIpc) is 3.09. The molecule has 0 fully saturated rings. The summed E-state index contributed by atoms with van der Waals surface area (Å²) in [6.45, 7) is 8.19. The number of amides is 2. The summed E-state index contributed by atoms with van der Waals surface area (Å²) in [5, 5.41) is 12.0. The highest BCUT2D eigenvalue weighted by Gasteiger charge is 2.30. The molecule has 1 aliphatic rings. The van der Waals surface area contributed by atoms with Gasteiger partial charge in [0.2, 0.25) is 5.91 Å². The van der Waals surface area contributed by atoms with Crippen molar-refractivity contribution in [2.45, 2.75) is 58.9 Å². The molecule has 0 saturated heterocycles. The fraction of sp³-hybridized carbons (Fsp3) is 0.464. The van der Waals surface area contributed by atoms with Gasteiger partial charge < -0.3 is 20.1 Å². The van der Waals surface area contributed by atoms with E-state index in [1.807, 2.05) is 52.0 Å². The largest absolute Gasteiger partial charge is 0.480 e. The number of hydrogen-bond acceptors (Lipinski definition) is 4. The van der Waals surface area contributed by atoms with Crippen LogP contribution in [0.15, 0.2) is 48.5 Å². The number of hydrogen-bond donors (Lipinski definition) is 2. The molecular weight excluding hydrogens is 444 g/mol. The first-order chi connectivity index (χ1) is 16.6. The predicted molar refractivity (Wildman–Crippen MR) is 135 cm³/mol. The van der Waals surface area contributed by atoms with E-state index in [4.69, 9.17) is 9.84 Å². The Labute approximate surface area is 207 Å². The molecule has 2 aromatic rings. The summed E-state index contributed by atoms with van der Waals surface area (Å²) in [7, 11) is 0. The molecule has 1 aliphatic carbocycles. The number of alkyl carbamates (subject to hydrolysis) is 1. The van der Waals surface area contributed by atoms with E-state index in [1.165, 1.54) is 4.90 Å². The second kappa shape index (κ2) is 11.4. The molecule has 0 heterocycles. The molecule has 2 amide bonds. The number of rotatable bonds is 10. The van der Waals surface area contributed by atoms with Crippen LogP contribution in [0.5, 0.6) is 0 Å². The van der Waals surface area contributed by atoms with Gasteiger partial charge in [-0.1, -0.05) is 76.2 Å². The Morgan fingerprint density at radius 1 is 1.03 bits per heavy atom. The zero-order valence-electron chi connectivity index (χ0n) is 21.0. The summed E-state index contributed by atoms with van der Waals surface area (Å²) in [5.74, 6) is -1.39. The molecule has 35 heavy (non-hydrogen) atoms. The van der Waals surface area contributed by atoms with E-state index in [0.717, 1.165) is 22.3 Å². The lowest BCUT2D eigenvalue weighted by molar-refractivity contribution is -0.144. The van der Waals surface area contributed by atoms with Gasteiger partial charge in [0.1, 0.15) is 13.2 Å². The number of aliphatic carboxylic acids is 1. The van der Waals surface area contributed by atoms with E-state index in [-0.39, 0.29) is 36.8 Å². The zero-order valence-corrected chi connectivity index (χ0v) is 21.0. The SMILES string of the molecule is CCCN(CC(=O)O)C(=O)CC(CC(C)(C)C)NC(=O)OCC1c2ccccc2-c2ccccc21. The number of carboxylic acids is 1. The second-order valence-electron chi connectivity index (χ2n) is 10.3. The molecule has 0 radical (unpaired) electrons. The minimum atomic E-state index is -1.05. The van der Waals surface area contributed by atoms with Gasteiger partial charge in [0, 0.05) is 24.9 Å². The molecule has 0 spiro atoms. The van der Waals surface area contributed by atoms with E-state index >= 15 is 0 Å². The normalized spacial score (nSPS) is 13.5. The average molecular weight is 481 g/mol. The van der Waals surface area contributed by atoms with Crippen LogP contribution < -0.4 is 5.32 Å². The molecule has 1 unspecified atom stereocenters. The zero-order chi connectivity index (χ0) is 25.6. The Morgan fingerprint density at radius 3 is 2.11 bits per heavy atom. The standard InChI is InChI=1S/C28H36N2O5/c1-5-14-30(17-26(32)33)25(31)15-19(16-28(2,3)4)29-27(34)35-18-24-22-12-8-6-10-20(22)21-11-7-9-13-23(21)24/h6-13,19,24H,5,14-18H2,1-4H3,(H,29,34)(H,32,33). The molecule has 0 aliphatic heterocycles. The molecular formula is C28H36N2O5. The lowest BCUT2D eigenvalue weighted by Gasteiger charge is -2.28. The molecule has 2 N–H and O–H groups in total. The molecule has 188 valence electrons. The van der Waals surface area contributed by atoms with Crippen LogP contribution in [0.1, 0.15) is 64.0 Å². The fourth-order valence-electron chi connectivity index (χ4n) is 4.79. The summed E-state index contributed by atoms with van der Waals surface area (Å²) >= 11 is 0. The third-order valence-corrected chi connectivity index (χ3v) is 6.12. The number of nitrogens with zero attached hydrogens (tertiary/aromatic N) is 1. The number of carbonyl (C=O) groups is 3. The molecule has 2 aromatic carbocycles. The van der Waals surface area contributed by atoms with Gasteiger partial charge in [-0.2, -0.15) is 0 Å². The third kappa shape index (κ3) is 7.07. The molecule has 0 aromatic heterocycles. The number of benzene rings is 2. The maximum Gasteiger partial charge on any atom is 0.407 e. The van der Waals surface area contributed by atoms with Crippen molar-refractivity contribution in [1.29, 1.82) is 0 Å². The monoisotopic (exact) mass is 480 g/mol. The number of carbonyl (C=O) groups excluding carboxylic acids is 2. The molecule has 0 bridgehead atoms. The smallest absolute Gasteiger partial charge is 0.407 e. The Balaban J connectivity index is 1.67. The fourth-order valence-corrected chi connectivity index (χ4v) is 4.79. The number of nitrogens with one attached hydrogen (secondary N) is 1. The molecule has 7 heteroatoms. The Morgan fingerprint density at radius 2 is 1.60 bits per heavy atom. The maximum absolute atomic E-state index is 12.9. The first kappa shape index (κ1) is 26.3. The van der Waals surface area contributed by atoms with Crippen LogP contribution in [0.3, 0.4) is 0 Å². The highest BCUT2D eigenvalue weighted by molar-refractivity contribution is 5.82. The van der Waals surface area contributed by atoms with E-state index in [0.29, 0.717) is 19.4 Å². The van der Waals surface area contributed by atoms with Crippen molar-refractivity contribution >= 4 is 18.0 Å².